The summed E-state index contributed by atoms with van der Waals surface area (Å²) in [5.74, 6) is -1.31. The van der Waals surface area contributed by atoms with E-state index < -0.39 is 56.9 Å². The van der Waals surface area contributed by atoms with E-state index in [1.54, 1.807) is 18.2 Å². The molecule has 1 fully saturated rings. The quantitative estimate of drug-likeness (QED) is 0.348. The van der Waals surface area contributed by atoms with Crippen LogP contribution in [0.5, 0.6) is 0 Å². The average Bonchev–Trinajstić information content (AvgIpc) is 2.86. The molecule has 40 heavy (non-hydrogen) atoms. The number of nitrogens with zero attached hydrogens (tertiary/aromatic N) is 2. The van der Waals surface area contributed by atoms with Crippen molar-refractivity contribution < 1.29 is 31.2 Å². The lowest BCUT2D eigenvalue weighted by Gasteiger charge is -2.33. The van der Waals surface area contributed by atoms with Crippen LogP contribution in [0, 0.1) is 0 Å². The molecular weight excluding hydrogens is 614 g/mol. The summed E-state index contributed by atoms with van der Waals surface area (Å²) in [5, 5.41) is 2.76. The third-order valence-corrected chi connectivity index (χ3v) is 8.91. The molecule has 0 spiro atoms. The zero-order chi connectivity index (χ0) is 29.8. The first kappa shape index (κ1) is 32.3. The number of anilines is 1. The fraction of sp³-hybridized carbons (Fsp3) is 0.462. The highest BCUT2D eigenvalue weighted by Gasteiger charge is 2.36. The fourth-order valence-corrected chi connectivity index (χ4v) is 6.09. The molecule has 1 N–H and O–H groups in total. The van der Waals surface area contributed by atoms with Crippen LogP contribution in [-0.2, 0) is 32.3 Å². The van der Waals surface area contributed by atoms with Gasteiger partial charge in [0.15, 0.2) is 0 Å². The van der Waals surface area contributed by atoms with Crippen molar-refractivity contribution in [3.05, 3.63) is 62.6 Å². The minimum atomic E-state index is -4.86. The van der Waals surface area contributed by atoms with Gasteiger partial charge in [-0.25, -0.2) is 8.42 Å². The van der Waals surface area contributed by atoms with Crippen molar-refractivity contribution >= 4 is 62.3 Å². The number of nitrogens with one attached hydrogen (secondary N) is 1. The Balaban J connectivity index is 1.97. The van der Waals surface area contributed by atoms with Gasteiger partial charge in [0.25, 0.3) is 0 Å². The molecule has 1 aliphatic carbocycles. The molecule has 0 heterocycles. The van der Waals surface area contributed by atoms with Crippen molar-refractivity contribution in [2.75, 3.05) is 17.1 Å². The predicted octanol–water partition coefficient (Wildman–Crippen LogP) is 6.30. The van der Waals surface area contributed by atoms with Gasteiger partial charge in [-0.1, -0.05) is 60.1 Å². The summed E-state index contributed by atoms with van der Waals surface area (Å²) in [6.07, 6.45) is 0.476. The van der Waals surface area contributed by atoms with E-state index in [-0.39, 0.29) is 22.6 Å². The van der Waals surface area contributed by atoms with E-state index in [0.717, 1.165) is 55.4 Å². The summed E-state index contributed by atoms with van der Waals surface area (Å²) < 4.78 is 66.4. The number of hydrogen-bond acceptors (Lipinski definition) is 4. The molecule has 0 aromatic heterocycles. The fourth-order valence-electron chi connectivity index (χ4n) is 4.50. The number of carbonyl (C=O) groups is 2. The van der Waals surface area contributed by atoms with Crippen LogP contribution in [0.3, 0.4) is 0 Å². The van der Waals surface area contributed by atoms with Crippen molar-refractivity contribution in [1.82, 2.24) is 10.2 Å². The van der Waals surface area contributed by atoms with Crippen molar-refractivity contribution in [2.45, 2.75) is 63.8 Å². The third kappa shape index (κ3) is 8.18. The molecule has 3 rings (SSSR count). The SMILES string of the molecule is CC(C(=O)NC1CCCCC1)N(Cc1c(Cl)cccc1Cl)C(=O)CN(c1ccc(Cl)c(C(F)(F)F)c1)S(C)(=O)=O. The Hall–Kier alpha value is -2.21. The molecule has 2 amide bonds. The molecule has 1 unspecified atom stereocenters. The molecule has 220 valence electrons. The van der Waals surface area contributed by atoms with Crippen molar-refractivity contribution in [3.8, 4) is 0 Å². The van der Waals surface area contributed by atoms with E-state index >= 15 is 0 Å². The van der Waals surface area contributed by atoms with Crippen LogP contribution in [0.1, 0.15) is 50.2 Å². The van der Waals surface area contributed by atoms with Gasteiger partial charge in [0, 0.05) is 28.2 Å². The zero-order valence-corrected chi connectivity index (χ0v) is 24.9. The highest BCUT2D eigenvalue weighted by molar-refractivity contribution is 7.92. The van der Waals surface area contributed by atoms with Gasteiger partial charge in [0.1, 0.15) is 12.6 Å². The minimum absolute atomic E-state index is 0.0630. The number of halogens is 6. The van der Waals surface area contributed by atoms with Crippen molar-refractivity contribution in [1.29, 1.82) is 0 Å². The van der Waals surface area contributed by atoms with Gasteiger partial charge in [-0.15, -0.1) is 0 Å². The highest BCUT2D eigenvalue weighted by Crippen LogP contribution is 2.37. The Morgan fingerprint density at radius 1 is 1.02 bits per heavy atom. The molecule has 0 bridgehead atoms. The molecule has 2 aromatic rings. The second-order valence-corrected chi connectivity index (χ2v) is 12.8. The Morgan fingerprint density at radius 3 is 2.17 bits per heavy atom. The van der Waals surface area contributed by atoms with Gasteiger partial charge in [-0.3, -0.25) is 13.9 Å². The number of amides is 2. The zero-order valence-electron chi connectivity index (χ0n) is 21.8. The number of carbonyl (C=O) groups excluding carboxylic acids is 2. The minimum Gasteiger partial charge on any atom is -0.352 e. The first-order chi connectivity index (χ1) is 18.6. The summed E-state index contributed by atoms with van der Waals surface area (Å²) >= 11 is 18.3. The highest BCUT2D eigenvalue weighted by atomic mass is 35.5. The standard InChI is InChI=1S/C26H29Cl3F3N3O4S/c1-16(25(37)33-17-7-4-3-5-8-17)34(14-19-21(27)9-6-10-22(19)28)24(36)15-35(40(2,38)39)18-11-12-23(29)20(13-18)26(30,31)32/h6,9-13,16-17H,3-5,7-8,14-15H2,1-2H3,(H,33,37). The van der Waals surface area contributed by atoms with Gasteiger partial charge in [0.05, 0.1) is 22.5 Å². The maximum absolute atomic E-state index is 13.7. The van der Waals surface area contributed by atoms with Gasteiger partial charge in [-0.2, -0.15) is 13.2 Å². The van der Waals surface area contributed by atoms with E-state index in [0.29, 0.717) is 15.9 Å². The molecule has 2 aromatic carbocycles. The van der Waals surface area contributed by atoms with Crippen molar-refractivity contribution in [2.24, 2.45) is 0 Å². The van der Waals surface area contributed by atoms with E-state index in [4.69, 9.17) is 34.8 Å². The Kier molecular flexibility index (Phi) is 10.6. The maximum Gasteiger partial charge on any atom is 0.417 e. The lowest BCUT2D eigenvalue weighted by molar-refractivity contribution is -0.139. The largest absolute Gasteiger partial charge is 0.417 e. The Bertz CT molecular complexity index is 1330. The van der Waals surface area contributed by atoms with E-state index in [1.807, 2.05) is 0 Å². The lowest BCUT2D eigenvalue weighted by Crippen LogP contribution is -2.53. The molecule has 1 atom stereocenters. The van der Waals surface area contributed by atoms with Crippen LogP contribution in [-0.4, -0.2) is 50.0 Å². The van der Waals surface area contributed by atoms with Crippen LogP contribution < -0.4 is 9.62 Å². The summed E-state index contributed by atoms with van der Waals surface area (Å²) in [7, 11) is -4.26. The first-order valence-corrected chi connectivity index (χ1v) is 15.4. The van der Waals surface area contributed by atoms with Crippen LogP contribution in [0.25, 0.3) is 0 Å². The summed E-state index contributed by atoms with van der Waals surface area (Å²) in [4.78, 5) is 28.0. The van der Waals surface area contributed by atoms with E-state index in [2.05, 4.69) is 5.32 Å². The molecule has 0 saturated heterocycles. The van der Waals surface area contributed by atoms with Crippen LogP contribution in [0.2, 0.25) is 15.1 Å². The van der Waals surface area contributed by atoms with Crippen LogP contribution in [0.4, 0.5) is 18.9 Å². The third-order valence-electron chi connectivity index (χ3n) is 6.73. The number of hydrogen-bond donors (Lipinski definition) is 1. The molecule has 7 nitrogen and oxygen atoms in total. The van der Waals surface area contributed by atoms with Crippen LogP contribution in [0.15, 0.2) is 36.4 Å². The summed E-state index contributed by atoms with van der Waals surface area (Å²) in [6, 6.07) is 6.09. The summed E-state index contributed by atoms with van der Waals surface area (Å²) in [5.41, 5.74) is -1.34. The number of sulfonamides is 1. The molecule has 14 heteroatoms. The summed E-state index contributed by atoms with van der Waals surface area (Å²) in [6.45, 7) is 0.346. The maximum atomic E-state index is 13.7. The average molecular weight is 643 g/mol. The number of alkyl halides is 3. The molecule has 1 saturated carbocycles. The van der Waals surface area contributed by atoms with Gasteiger partial charge in [-0.05, 0) is 50.1 Å². The first-order valence-electron chi connectivity index (χ1n) is 12.5. The molecular formula is C26H29Cl3F3N3O4S. The van der Waals surface area contributed by atoms with Gasteiger partial charge >= 0.3 is 6.18 Å². The Morgan fingerprint density at radius 2 is 1.62 bits per heavy atom. The second kappa shape index (κ2) is 13.2. The van der Waals surface area contributed by atoms with Crippen LogP contribution >= 0.6 is 34.8 Å². The molecule has 0 radical (unpaired) electrons. The Labute approximate surface area is 246 Å². The topological polar surface area (TPSA) is 86.8 Å². The van der Waals surface area contributed by atoms with E-state index in [9.17, 15) is 31.2 Å². The lowest BCUT2D eigenvalue weighted by atomic mass is 9.95. The predicted molar refractivity (Wildman–Crippen MR) is 150 cm³/mol. The molecule has 0 aliphatic heterocycles. The number of benzene rings is 2. The smallest absolute Gasteiger partial charge is 0.352 e. The van der Waals surface area contributed by atoms with E-state index in [1.165, 1.54) is 6.92 Å². The normalized spacial score (nSPS) is 15.4. The second-order valence-electron chi connectivity index (χ2n) is 9.67. The van der Waals surface area contributed by atoms with Gasteiger partial charge < -0.3 is 10.2 Å². The number of rotatable bonds is 9. The van der Waals surface area contributed by atoms with Crippen molar-refractivity contribution in [3.63, 3.8) is 0 Å². The van der Waals surface area contributed by atoms with Gasteiger partial charge in [0.2, 0.25) is 21.8 Å². The monoisotopic (exact) mass is 641 g/mol. The molecule has 1 aliphatic rings.